The molecule has 4 N–H and O–H groups in total. The third-order valence-corrected chi connectivity index (χ3v) is 2.83. The summed E-state index contributed by atoms with van der Waals surface area (Å²) in [6, 6.07) is -0.0832. The highest BCUT2D eigenvalue weighted by Gasteiger charge is 2.23. The second kappa shape index (κ2) is 7.88. The summed E-state index contributed by atoms with van der Waals surface area (Å²) in [5.74, 6) is -0.961. The lowest BCUT2D eigenvalue weighted by Crippen LogP contribution is -2.46. The van der Waals surface area contributed by atoms with Crippen molar-refractivity contribution in [3.05, 3.63) is 0 Å². The topological polar surface area (TPSA) is 105 Å². The zero-order chi connectivity index (χ0) is 13.4. The number of nitrogens with two attached hydrogens (primary N) is 1. The van der Waals surface area contributed by atoms with Crippen molar-refractivity contribution in [2.45, 2.75) is 25.4 Å². The van der Waals surface area contributed by atoms with Crippen LogP contribution in [0.5, 0.6) is 0 Å². The molecule has 2 amide bonds. The SMILES string of the molecule is NCCCNC(=O)N1CCC(OCC(=O)O)CC1. The second-order valence-electron chi connectivity index (χ2n) is 4.27. The Balaban J connectivity index is 2.17. The van der Waals surface area contributed by atoms with Gasteiger partial charge in [0.25, 0.3) is 0 Å². The fourth-order valence-electron chi connectivity index (χ4n) is 1.82. The first kappa shape index (κ1) is 14.7. The highest BCUT2D eigenvalue weighted by atomic mass is 16.5. The van der Waals surface area contributed by atoms with Gasteiger partial charge in [-0.05, 0) is 25.8 Å². The van der Waals surface area contributed by atoms with Gasteiger partial charge >= 0.3 is 12.0 Å². The number of amides is 2. The zero-order valence-corrected chi connectivity index (χ0v) is 10.4. The summed E-state index contributed by atoms with van der Waals surface area (Å²) in [5.41, 5.74) is 5.34. The number of carboxylic acids is 1. The first-order valence-electron chi connectivity index (χ1n) is 6.19. The third kappa shape index (κ3) is 5.33. The molecule has 1 fully saturated rings. The van der Waals surface area contributed by atoms with Gasteiger partial charge in [-0.25, -0.2) is 9.59 Å². The van der Waals surface area contributed by atoms with Crippen molar-refractivity contribution in [1.29, 1.82) is 0 Å². The fourth-order valence-corrected chi connectivity index (χ4v) is 1.82. The normalized spacial score (nSPS) is 16.6. The Labute approximate surface area is 106 Å². The highest BCUT2D eigenvalue weighted by molar-refractivity contribution is 5.74. The molecule has 0 aromatic carbocycles. The molecule has 1 saturated heterocycles. The van der Waals surface area contributed by atoms with Crippen LogP contribution in [0.2, 0.25) is 0 Å². The average molecular weight is 259 g/mol. The molecule has 1 heterocycles. The van der Waals surface area contributed by atoms with Crippen LogP contribution in [0.1, 0.15) is 19.3 Å². The molecule has 7 heteroatoms. The molecule has 0 aromatic rings. The highest BCUT2D eigenvalue weighted by Crippen LogP contribution is 2.13. The van der Waals surface area contributed by atoms with Crippen LogP contribution >= 0.6 is 0 Å². The largest absolute Gasteiger partial charge is 0.480 e. The van der Waals surface area contributed by atoms with Gasteiger partial charge < -0.3 is 25.8 Å². The van der Waals surface area contributed by atoms with E-state index in [1.54, 1.807) is 4.90 Å². The first-order valence-corrected chi connectivity index (χ1v) is 6.19. The molecule has 0 aliphatic carbocycles. The molecule has 104 valence electrons. The maximum absolute atomic E-state index is 11.7. The van der Waals surface area contributed by atoms with Gasteiger partial charge in [0.1, 0.15) is 6.61 Å². The van der Waals surface area contributed by atoms with Crippen molar-refractivity contribution in [2.75, 3.05) is 32.8 Å². The van der Waals surface area contributed by atoms with Crippen LogP contribution in [-0.4, -0.2) is 60.9 Å². The Bertz CT molecular complexity index is 277. The van der Waals surface area contributed by atoms with E-state index < -0.39 is 5.97 Å². The number of likely N-dealkylation sites (tertiary alicyclic amines) is 1. The Morgan fingerprint density at radius 2 is 2.06 bits per heavy atom. The number of urea groups is 1. The molecule has 7 nitrogen and oxygen atoms in total. The molecule has 0 unspecified atom stereocenters. The van der Waals surface area contributed by atoms with Gasteiger partial charge in [0.15, 0.2) is 0 Å². The van der Waals surface area contributed by atoms with E-state index in [1.165, 1.54) is 0 Å². The number of carboxylic acid groups (broad SMARTS) is 1. The number of carbonyl (C=O) groups is 2. The fraction of sp³-hybridized carbons (Fsp3) is 0.818. The lowest BCUT2D eigenvalue weighted by Gasteiger charge is -2.31. The summed E-state index contributed by atoms with van der Waals surface area (Å²) < 4.78 is 5.20. The Morgan fingerprint density at radius 1 is 1.39 bits per heavy atom. The Hall–Kier alpha value is -1.34. The van der Waals surface area contributed by atoms with Crippen molar-refractivity contribution in [3.63, 3.8) is 0 Å². The number of rotatable bonds is 6. The van der Waals surface area contributed by atoms with E-state index in [0.717, 1.165) is 6.42 Å². The Kier molecular flexibility index (Phi) is 6.45. The molecule has 1 rings (SSSR count). The molecule has 0 atom stereocenters. The van der Waals surface area contributed by atoms with Gasteiger partial charge in [0.2, 0.25) is 0 Å². The van der Waals surface area contributed by atoms with Crippen molar-refractivity contribution in [2.24, 2.45) is 5.73 Å². The van der Waals surface area contributed by atoms with Crippen LogP contribution in [-0.2, 0) is 9.53 Å². The van der Waals surface area contributed by atoms with Crippen LogP contribution in [0.3, 0.4) is 0 Å². The molecular formula is C11H21N3O4. The maximum Gasteiger partial charge on any atom is 0.329 e. The quantitative estimate of drug-likeness (QED) is 0.563. The lowest BCUT2D eigenvalue weighted by atomic mass is 10.1. The number of hydrogen-bond acceptors (Lipinski definition) is 4. The minimum Gasteiger partial charge on any atom is -0.480 e. The van der Waals surface area contributed by atoms with Crippen molar-refractivity contribution in [3.8, 4) is 0 Å². The van der Waals surface area contributed by atoms with Crippen molar-refractivity contribution < 1.29 is 19.4 Å². The van der Waals surface area contributed by atoms with E-state index >= 15 is 0 Å². The molecule has 0 aromatic heterocycles. The number of nitrogens with one attached hydrogen (secondary N) is 1. The van der Waals surface area contributed by atoms with Crippen LogP contribution in [0.25, 0.3) is 0 Å². The van der Waals surface area contributed by atoms with E-state index in [0.29, 0.717) is 39.0 Å². The van der Waals surface area contributed by atoms with E-state index in [9.17, 15) is 9.59 Å². The standard InChI is InChI=1S/C11H21N3O4/c12-4-1-5-13-11(17)14-6-2-9(3-7-14)18-8-10(15)16/h9H,1-8,12H2,(H,13,17)(H,15,16). The van der Waals surface area contributed by atoms with Gasteiger partial charge in [-0.1, -0.05) is 0 Å². The van der Waals surface area contributed by atoms with E-state index in [2.05, 4.69) is 5.32 Å². The van der Waals surface area contributed by atoms with Crippen LogP contribution in [0.4, 0.5) is 4.79 Å². The van der Waals surface area contributed by atoms with Crippen molar-refractivity contribution >= 4 is 12.0 Å². The minimum atomic E-state index is -0.961. The predicted octanol–water partition coefficient (Wildman–Crippen LogP) is -0.390. The summed E-state index contributed by atoms with van der Waals surface area (Å²) >= 11 is 0. The first-order chi connectivity index (χ1) is 8.63. The predicted molar refractivity (Wildman–Crippen MR) is 65.3 cm³/mol. The van der Waals surface area contributed by atoms with Crippen LogP contribution in [0.15, 0.2) is 0 Å². The van der Waals surface area contributed by atoms with Crippen LogP contribution < -0.4 is 11.1 Å². The van der Waals surface area contributed by atoms with Crippen LogP contribution in [0, 0.1) is 0 Å². The van der Waals surface area contributed by atoms with Gasteiger partial charge in [0, 0.05) is 19.6 Å². The van der Waals surface area contributed by atoms with E-state index in [1.807, 2.05) is 0 Å². The van der Waals surface area contributed by atoms with E-state index in [-0.39, 0.29) is 18.7 Å². The van der Waals surface area contributed by atoms with Gasteiger partial charge in [0.05, 0.1) is 6.10 Å². The number of nitrogens with zero attached hydrogens (tertiary/aromatic N) is 1. The smallest absolute Gasteiger partial charge is 0.329 e. The number of ether oxygens (including phenoxy) is 1. The summed E-state index contributed by atoms with van der Waals surface area (Å²) in [4.78, 5) is 23.8. The molecule has 1 aliphatic heterocycles. The van der Waals surface area contributed by atoms with Gasteiger partial charge in [-0.15, -0.1) is 0 Å². The molecule has 0 saturated carbocycles. The van der Waals surface area contributed by atoms with E-state index in [4.69, 9.17) is 15.6 Å². The minimum absolute atomic E-state index is 0.0609. The molecule has 0 bridgehead atoms. The lowest BCUT2D eigenvalue weighted by molar-refractivity contribution is -0.145. The summed E-state index contributed by atoms with van der Waals surface area (Å²) in [6.07, 6.45) is 2.06. The Morgan fingerprint density at radius 3 is 2.61 bits per heavy atom. The number of aliphatic carboxylic acids is 1. The molecule has 18 heavy (non-hydrogen) atoms. The average Bonchev–Trinajstić information content (AvgIpc) is 2.37. The van der Waals surface area contributed by atoms with Crippen molar-refractivity contribution in [1.82, 2.24) is 10.2 Å². The molecule has 0 spiro atoms. The number of hydrogen-bond donors (Lipinski definition) is 3. The second-order valence-corrected chi connectivity index (χ2v) is 4.27. The molecular weight excluding hydrogens is 238 g/mol. The number of piperidine rings is 1. The summed E-state index contributed by atoms with van der Waals surface area (Å²) in [6.45, 7) is 2.07. The zero-order valence-electron chi connectivity index (χ0n) is 10.4. The third-order valence-electron chi connectivity index (χ3n) is 2.83. The number of carbonyl (C=O) groups excluding carboxylic acids is 1. The summed E-state index contributed by atoms with van der Waals surface area (Å²) in [5, 5.41) is 11.3. The summed E-state index contributed by atoms with van der Waals surface area (Å²) in [7, 11) is 0. The maximum atomic E-state index is 11.7. The monoisotopic (exact) mass is 259 g/mol. The van der Waals surface area contributed by atoms with Gasteiger partial charge in [-0.3, -0.25) is 0 Å². The molecule has 1 aliphatic rings. The van der Waals surface area contributed by atoms with Gasteiger partial charge in [-0.2, -0.15) is 0 Å². The molecule has 0 radical (unpaired) electrons.